The molecule has 97 valence electrons. The molecule has 0 spiro atoms. The van der Waals surface area contributed by atoms with Crippen LogP contribution in [0.3, 0.4) is 0 Å². The van der Waals surface area contributed by atoms with E-state index in [2.05, 4.69) is 18.7 Å². The van der Waals surface area contributed by atoms with Crippen LogP contribution in [0.2, 0.25) is 0 Å². The fourth-order valence-corrected chi connectivity index (χ4v) is 1.74. The highest BCUT2D eigenvalue weighted by molar-refractivity contribution is 4.81. The van der Waals surface area contributed by atoms with Gasteiger partial charge in [0.15, 0.2) is 6.29 Å². The molecule has 2 atom stereocenters. The summed E-state index contributed by atoms with van der Waals surface area (Å²) in [5.41, 5.74) is 0. The van der Waals surface area contributed by atoms with E-state index in [-0.39, 0.29) is 6.04 Å². The van der Waals surface area contributed by atoms with Gasteiger partial charge in [-0.2, -0.15) is 0 Å². The van der Waals surface area contributed by atoms with E-state index >= 15 is 0 Å². The number of hydrogen-bond acceptors (Lipinski definition) is 3. The molecule has 2 unspecified atom stereocenters. The van der Waals surface area contributed by atoms with Crippen molar-refractivity contribution < 1.29 is 10.2 Å². The zero-order chi connectivity index (χ0) is 12.4. The van der Waals surface area contributed by atoms with Crippen molar-refractivity contribution in [2.24, 2.45) is 0 Å². The molecule has 3 N–H and O–H groups in total. The lowest BCUT2D eigenvalue weighted by Gasteiger charge is -2.23. The van der Waals surface area contributed by atoms with Gasteiger partial charge in [0, 0.05) is 6.04 Å². The van der Waals surface area contributed by atoms with Gasteiger partial charge >= 0.3 is 0 Å². The van der Waals surface area contributed by atoms with Crippen molar-refractivity contribution in [1.82, 2.24) is 5.32 Å². The van der Waals surface area contributed by atoms with Gasteiger partial charge in [-0.05, 0) is 19.8 Å². The number of unbranched alkanes of at least 4 members (excludes halogenated alkanes) is 4. The van der Waals surface area contributed by atoms with Crippen LogP contribution < -0.4 is 5.32 Å². The molecule has 1 radical (unpaired) electrons. The third kappa shape index (κ3) is 8.08. The highest BCUT2D eigenvalue weighted by Crippen LogP contribution is 2.09. The lowest BCUT2D eigenvalue weighted by atomic mass is 10.0. The Hall–Kier alpha value is -0.120. The van der Waals surface area contributed by atoms with Crippen LogP contribution in [0.4, 0.5) is 0 Å². The van der Waals surface area contributed by atoms with Crippen LogP contribution >= 0.6 is 0 Å². The zero-order valence-corrected chi connectivity index (χ0v) is 10.9. The lowest BCUT2D eigenvalue weighted by molar-refractivity contribution is -0.0642. The second-order valence-electron chi connectivity index (χ2n) is 4.51. The normalized spacial score (nSPS) is 15.4. The van der Waals surface area contributed by atoms with Crippen LogP contribution in [0.1, 0.15) is 59.3 Å². The average Bonchev–Trinajstić information content (AvgIpc) is 2.26. The molecule has 0 aromatic carbocycles. The first-order valence-electron chi connectivity index (χ1n) is 6.53. The molecule has 0 saturated carbocycles. The van der Waals surface area contributed by atoms with Crippen LogP contribution in [-0.4, -0.2) is 28.6 Å². The van der Waals surface area contributed by atoms with E-state index in [0.717, 1.165) is 6.42 Å². The molecule has 3 nitrogen and oxygen atoms in total. The molecule has 0 saturated heterocycles. The van der Waals surface area contributed by atoms with Gasteiger partial charge in [0.2, 0.25) is 0 Å². The summed E-state index contributed by atoms with van der Waals surface area (Å²) in [5, 5.41) is 21.2. The predicted molar refractivity (Wildman–Crippen MR) is 68.0 cm³/mol. The summed E-state index contributed by atoms with van der Waals surface area (Å²) in [6.45, 7) is 6.02. The summed E-state index contributed by atoms with van der Waals surface area (Å²) in [6.07, 6.45) is 8.28. The Morgan fingerprint density at radius 2 is 1.75 bits per heavy atom. The fraction of sp³-hybridized carbons (Fsp3) is 0.923. The maximum absolute atomic E-state index is 8.99. The van der Waals surface area contributed by atoms with Crippen LogP contribution in [0, 0.1) is 6.42 Å². The molecule has 0 bridgehead atoms. The minimum atomic E-state index is -1.28. The van der Waals surface area contributed by atoms with Gasteiger partial charge in [-0.15, -0.1) is 0 Å². The van der Waals surface area contributed by atoms with E-state index < -0.39 is 6.29 Å². The minimum absolute atomic E-state index is 0.267. The molecule has 0 aromatic rings. The van der Waals surface area contributed by atoms with E-state index in [1.54, 1.807) is 6.92 Å². The highest BCUT2D eigenvalue weighted by Gasteiger charge is 2.14. The van der Waals surface area contributed by atoms with Gasteiger partial charge in [0.25, 0.3) is 0 Å². The minimum Gasteiger partial charge on any atom is -0.367 e. The SMILES string of the molecule is C[CH]C(CCCCCCC)NC(C)C(O)O. The average molecular weight is 230 g/mol. The number of nitrogens with one attached hydrogen (secondary N) is 1. The van der Waals surface area contributed by atoms with Crippen LogP contribution in [0.25, 0.3) is 0 Å². The molecular weight excluding hydrogens is 202 g/mol. The Labute approximate surface area is 100 Å². The van der Waals surface area contributed by atoms with Crippen molar-refractivity contribution in [2.45, 2.75) is 77.7 Å². The number of hydrogen-bond donors (Lipinski definition) is 3. The van der Waals surface area contributed by atoms with Gasteiger partial charge in [0.05, 0.1) is 6.04 Å². The highest BCUT2D eigenvalue weighted by atomic mass is 16.5. The summed E-state index contributed by atoms with van der Waals surface area (Å²) in [6, 6.07) is 0.0234. The Bertz CT molecular complexity index is 151. The molecule has 3 heteroatoms. The molecule has 0 aromatic heterocycles. The number of aliphatic hydroxyl groups excluding tert-OH is 1. The van der Waals surface area contributed by atoms with Gasteiger partial charge in [-0.1, -0.05) is 46.0 Å². The molecule has 0 amide bonds. The van der Waals surface area contributed by atoms with Crippen molar-refractivity contribution >= 4 is 0 Å². The first kappa shape index (κ1) is 15.9. The fourth-order valence-electron chi connectivity index (χ4n) is 1.74. The quantitative estimate of drug-likeness (QED) is 0.398. The number of aliphatic hydroxyl groups is 2. The molecule has 0 fully saturated rings. The Kier molecular flexibility index (Phi) is 9.99. The standard InChI is InChI=1S/C13H28NO2/c1-4-6-7-8-9-10-12(5-2)14-11(3)13(15)16/h5,11-16H,4,6-10H2,1-3H3. The van der Waals surface area contributed by atoms with Crippen molar-refractivity contribution in [3.8, 4) is 0 Å². The van der Waals surface area contributed by atoms with E-state index in [9.17, 15) is 0 Å². The number of rotatable bonds is 10. The summed E-state index contributed by atoms with van der Waals surface area (Å²) < 4.78 is 0. The summed E-state index contributed by atoms with van der Waals surface area (Å²) in [4.78, 5) is 0. The van der Waals surface area contributed by atoms with Crippen molar-refractivity contribution in [3.63, 3.8) is 0 Å². The monoisotopic (exact) mass is 230 g/mol. The van der Waals surface area contributed by atoms with E-state index in [4.69, 9.17) is 10.2 Å². The Morgan fingerprint density at radius 3 is 2.25 bits per heavy atom. The molecule has 0 heterocycles. The summed E-state index contributed by atoms with van der Waals surface area (Å²) >= 11 is 0. The summed E-state index contributed by atoms with van der Waals surface area (Å²) in [7, 11) is 0. The van der Waals surface area contributed by atoms with Crippen molar-refractivity contribution in [2.75, 3.05) is 0 Å². The molecule has 16 heavy (non-hydrogen) atoms. The zero-order valence-electron chi connectivity index (χ0n) is 10.9. The maximum Gasteiger partial charge on any atom is 0.166 e. The summed E-state index contributed by atoms with van der Waals surface area (Å²) in [5.74, 6) is 0. The Morgan fingerprint density at radius 1 is 1.12 bits per heavy atom. The lowest BCUT2D eigenvalue weighted by Crippen LogP contribution is -2.43. The van der Waals surface area contributed by atoms with Gasteiger partial charge in [-0.3, -0.25) is 0 Å². The van der Waals surface area contributed by atoms with Crippen molar-refractivity contribution in [3.05, 3.63) is 6.42 Å². The molecular formula is C13H28NO2. The first-order valence-corrected chi connectivity index (χ1v) is 6.53. The van der Waals surface area contributed by atoms with Crippen LogP contribution in [-0.2, 0) is 0 Å². The van der Waals surface area contributed by atoms with Crippen LogP contribution in [0.15, 0.2) is 0 Å². The van der Waals surface area contributed by atoms with Crippen LogP contribution in [0.5, 0.6) is 0 Å². The molecule has 0 aliphatic carbocycles. The second kappa shape index (κ2) is 10.1. The second-order valence-corrected chi connectivity index (χ2v) is 4.51. The largest absolute Gasteiger partial charge is 0.367 e. The van der Waals surface area contributed by atoms with E-state index in [0.29, 0.717) is 6.04 Å². The van der Waals surface area contributed by atoms with Crippen molar-refractivity contribution in [1.29, 1.82) is 0 Å². The van der Waals surface area contributed by atoms with E-state index in [1.165, 1.54) is 32.1 Å². The van der Waals surface area contributed by atoms with Gasteiger partial charge in [0.1, 0.15) is 0 Å². The maximum atomic E-state index is 8.99. The molecule has 0 aliphatic rings. The molecule has 0 aliphatic heterocycles. The topological polar surface area (TPSA) is 52.5 Å². The third-order valence-corrected chi connectivity index (χ3v) is 2.95. The predicted octanol–water partition coefficient (Wildman–Crippen LogP) is 2.23. The Balaban J connectivity index is 3.58. The van der Waals surface area contributed by atoms with Gasteiger partial charge < -0.3 is 15.5 Å². The first-order chi connectivity index (χ1) is 7.61. The molecule has 0 rings (SSSR count). The van der Waals surface area contributed by atoms with E-state index in [1.807, 2.05) is 6.92 Å². The third-order valence-electron chi connectivity index (χ3n) is 2.95. The smallest absolute Gasteiger partial charge is 0.166 e. The van der Waals surface area contributed by atoms with Gasteiger partial charge in [-0.25, -0.2) is 0 Å².